The molecule has 0 unspecified atom stereocenters. The molecule has 2 heterocycles. The largest absolute Gasteiger partial charge is 0.383 e. The molecule has 37 heavy (non-hydrogen) atoms. The summed E-state index contributed by atoms with van der Waals surface area (Å²) >= 11 is 6.40. The number of carbonyl (C=O) groups is 1. The van der Waals surface area contributed by atoms with Gasteiger partial charge in [-0.15, -0.1) is 0 Å². The van der Waals surface area contributed by atoms with Crippen LogP contribution in [0, 0.1) is 6.92 Å². The number of aromatic nitrogens is 3. The van der Waals surface area contributed by atoms with E-state index in [1.807, 2.05) is 57.4 Å². The van der Waals surface area contributed by atoms with Crippen molar-refractivity contribution in [2.24, 2.45) is 0 Å². The van der Waals surface area contributed by atoms with Crippen LogP contribution in [0.5, 0.6) is 0 Å². The number of amides is 1. The second-order valence-corrected chi connectivity index (χ2v) is 9.50. The molecule has 0 radical (unpaired) electrons. The van der Waals surface area contributed by atoms with Crippen LogP contribution in [0.25, 0.3) is 21.7 Å². The number of nitrogens with two attached hydrogens (primary N) is 1. The van der Waals surface area contributed by atoms with Gasteiger partial charge in [0.1, 0.15) is 18.0 Å². The van der Waals surface area contributed by atoms with Crippen LogP contribution >= 0.6 is 11.6 Å². The molecule has 8 nitrogen and oxygen atoms in total. The molecular weight excluding hydrogens is 486 g/mol. The highest BCUT2D eigenvalue weighted by atomic mass is 35.5. The second kappa shape index (κ2) is 10.0. The highest BCUT2D eigenvalue weighted by molar-refractivity contribution is 6.31. The number of anilines is 4. The van der Waals surface area contributed by atoms with E-state index in [0.29, 0.717) is 38.8 Å². The number of hydrogen-bond acceptors (Lipinski definition) is 7. The van der Waals surface area contributed by atoms with Crippen LogP contribution in [0.4, 0.5) is 23.0 Å². The number of halogens is 1. The lowest BCUT2D eigenvalue weighted by atomic mass is 10.0. The molecule has 4 N–H and O–H groups in total. The fourth-order valence-electron chi connectivity index (χ4n) is 4.35. The Labute approximate surface area is 219 Å². The maximum atomic E-state index is 13.4. The Kier molecular flexibility index (Phi) is 6.60. The highest BCUT2D eigenvalue weighted by Gasteiger charge is 2.17. The van der Waals surface area contributed by atoms with E-state index >= 15 is 0 Å². The fraction of sp³-hybridized carbons (Fsp3) is 0.143. The number of nitrogen functional groups attached to an aromatic ring is 1. The van der Waals surface area contributed by atoms with Crippen molar-refractivity contribution in [2.75, 3.05) is 30.5 Å². The average Bonchev–Trinajstić information content (AvgIpc) is 2.87. The molecule has 0 saturated carbocycles. The van der Waals surface area contributed by atoms with Crippen LogP contribution < -0.4 is 16.4 Å². The van der Waals surface area contributed by atoms with Gasteiger partial charge in [-0.1, -0.05) is 29.8 Å². The molecule has 0 saturated heterocycles. The van der Waals surface area contributed by atoms with Crippen molar-refractivity contribution in [1.82, 2.24) is 19.9 Å². The molecule has 3 aromatic carbocycles. The van der Waals surface area contributed by atoms with Gasteiger partial charge < -0.3 is 21.3 Å². The Hall–Kier alpha value is -4.27. The maximum Gasteiger partial charge on any atom is 0.257 e. The Morgan fingerprint density at radius 2 is 1.84 bits per heavy atom. The predicted octanol–water partition coefficient (Wildman–Crippen LogP) is 5.78. The lowest BCUT2D eigenvalue weighted by Gasteiger charge is -2.16. The van der Waals surface area contributed by atoms with Crippen molar-refractivity contribution in [3.8, 4) is 0 Å². The molecule has 0 atom stereocenters. The zero-order chi connectivity index (χ0) is 26.1. The number of aryl methyl sites for hydroxylation is 1. The van der Waals surface area contributed by atoms with E-state index in [4.69, 9.17) is 17.3 Å². The summed E-state index contributed by atoms with van der Waals surface area (Å²) in [6.45, 7) is 2.68. The number of benzene rings is 3. The molecule has 5 aromatic rings. The first-order valence-corrected chi connectivity index (χ1v) is 12.1. The first-order chi connectivity index (χ1) is 17.8. The minimum atomic E-state index is -0.281. The lowest BCUT2D eigenvalue weighted by molar-refractivity contribution is 0.102. The molecule has 0 spiro atoms. The third-order valence-electron chi connectivity index (χ3n) is 6.13. The number of rotatable bonds is 6. The number of nitrogens with one attached hydrogen (secondary N) is 2. The van der Waals surface area contributed by atoms with Crippen molar-refractivity contribution in [3.05, 3.63) is 88.8 Å². The summed E-state index contributed by atoms with van der Waals surface area (Å²) in [6.07, 6.45) is 3.09. The van der Waals surface area contributed by atoms with Gasteiger partial charge in [0.2, 0.25) is 0 Å². The normalized spacial score (nSPS) is 11.3. The Morgan fingerprint density at radius 1 is 1.00 bits per heavy atom. The number of fused-ring (bicyclic) bond motifs is 2. The molecule has 5 rings (SSSR count). The van der Waals surface area contributed by atoms with Gasteiger partial charge in [-0.25, -0.2) is 15.0 Å². The zero-order valence-corrected chi connectivity index (χ0v) is 21.5. The SMILES string of the molecule is Cc1ccc2c(Nc3ccc(Cl)c(CN(C)C)c3)nccc2c1NC(=O)c1cccc2c(N)ncnc12. The lowest BCUT2D eigenvalue weighted by Crippen LogP contribution is -2.14. The summed E-state index contributed by atoms with van der Waals surface area (Å²) in [5, 5.41) is 9.60. The minimum absolute atomic E-state index is 0.281. The highest BCUT2D eigenvalue weighted by Crippen LogP contribution is 2.33. The molecule has 0 bridgehead atoms. The van der Waals surface area contributed by atoms with Crippen molar-refractivity contribution in [3.63, 3.8) is 0 Å². The number of para-hydroxylation sites is 1. The molecule has 0 aliphatic heterocycles. The van der Waals surface area contributed by atoms with Crippen molar-refractivity contribution in [2.45, 2.75) is 13.5 Å². The minimum Gasteiger partial charge on any atom is -0.383 e. The van der Waals surface area contributed by atoms with Gasteiger partial charge >= 0.3 is 0 Å². The third kappa shape index (κ3) is 4.89. The van der Waals surface area contributed by atoms with E-state index in [2.05, 4.69) is 30.5 Å². The first-order valence-electron chi connectivity index (χ1n) is 11.7. The Bertz CT molecular complexity index is 1650. The maximum absolute atomic E-state index is 13.4. The number of nitrogens with zero attached hydrogens (tertiary/aromatic N) is 4. The molecule has 186 valence electrons. The second-order valence-electron chi connectivity index (χ2n) is 9.10. The van der Waals surface area contributed by atoms with Crippen LogP contribution in [-0.2, 0) is 6.54 Å². The van der Waals surface area contributed by atoms with Crippen molar-refractivity contribution >= 4 is 62.2 Å². The first kappa shape index (κ1) is 24.4. The summed E-state index contributed by atoms with van der Waals surface area (Å²) in [5.74, 6) is 0.729. The van der Waals surface area contributed by atoms with E-state index in [-0.39, 0.29) is 5.91 Å². The Morgan fingerprint density at radius 3 is 2.65 bits per heavy atom. The summed E-state index contributed by atoms with van der Waals surface area (Å²) in [5.41, 5.74) is 10.4. The fourth-order valence-corrected chi connectivity index (χ4v) is 4.53. The summed E-state index contributed by atoms with van der Waals surface area (Å²) in [7, 11) is 4.00. The van der Waals surface area contributed by atoms with Crippen LogP contribution in [0.1, 0.15) is 21.5 Å². The topological polar surface area (TPSA) is 109 Å². The van der Waals surface area contributed by atoms with Gasteiger partial charge in [-0.2, -0.15) is 0 Å². The van der Waals surface area contributed by atoms with Gasteiger partial charge in [0.05, 0.1) is 16.8 Å². The van der Waals surface area contributed by atoms with E-state index in [9.17, 15) is 4.79 Å². The van der Waals surface area contributed by atoms with E-state index in [0.717, 1.165) is 34.1 Å². The molecule has 0 fully saturated rings. The molecule has 9 heteroatoms. The van der Waals surface area contributed by atoms with Crippen LogP contribution in [0.2, 0.25) is 5.02 Å². The van der Waals surface area contributed by atoms with Crippen LogP contribution in [0.3, 0.4) is 0 Å². The summed E-state index contributed by atoms with van der Waals surface area (Å²) in [4.78, 5) is 28.4. The number of pyridine rings is 1. The smallest absolute Gasteiger partial charge is 0.257 e. The van der Waals surface area contributed by atoms with Gasteiger partial charge in [0, 0.05) is 39.6 Å². The van der Waals surface area contributed by atoms with Gasteiger partial charge in [0.25, 0.3) is 5.91 Å². The summed E-state index contributed by atoms with van der Waals surface area (Å²) in [6, 6.07) is 17.0. The van der Waals surface area contributed by atoms with E-state index in [1.165, 1.54) is 6.33 Å². The third-order valence-corrected chi connectivity index (χ3v) is 6.50. The molecule has 0 aliphatic rings. The molecule has 2 aromatic heterocycles. The molecular formula is C28H26ClN7O. The van der Waals surface area contributed by atoms with Crippen LogP contribution in [-0.4, -0.2) is 39.9 Å². The number of hydrogen-bond donors (Lipinski definition) is 3. The quantitative estimate of drug-likeness (QED) is 0.265. The molecule has 1 amide bonds. The molecule has 0 aliphatic carbocycles. The van der Waals surface area contributed by atoms with E-state index in [1.54, 1.807) is 24.4 Å². The summed E-state index contributed by atoms with van der Waals surface area (Å²) < 4.78 is 0. The van der Waals surface area contributed by atoms with Crippen molar-refractivity contribution in [1.29, 1.82) is 0 Å². The number of carbonyl (C=O) groups excluding carboxylic acids is 1. The zero-order valence-electron chi connectivity index (χ0n) is 20.7. The standard InChI is InChI=1S/C28H26ClN7O/c1-16-7-9-20-19(11-12-31-27(20)34-18-8-10-23(29)17(13-18)14-36(2)3)24(16)35-28(37)22-6-4-5-21-25(22)32-15-33-26(21)30/h4-13,15H,14H2,1-3H3,(H,31,34)(H,35,37)(H2,30,32,33). The Balaban J connectivity index is 1.51. The van der Waals surface area contributed by atoms with Crippen LogP contribution in [0.15, 0.2) is 67.1 Å². The van der Waals surface area contributed by atoms with Gasteiger partial charge in [-0.3, -0.25) is 4.79 Å². The van der Waals surface area contributed by atoms with Crippen molar-refractivity contribution < 1.29 is 4.79 Å². The average molecular weight is 512 g/mol. The van der Waals surface area contributed by atoms with E-state index < -0.39 is 0 Å². The van der Waals surface area contributed by atoms with Gasteiger partial charge in [-0.05, 0) is 68.5 Å². The van der Waals surface area contributed by atoms with Gasteiger partial charge in [0.15, 0.2) is 0 Å². The monoisotopic (exact) mass is 511 g/mol. The predicted molar refractivity (Wildman–Crippen MR) is 151 cm³/mol.